The van der Waals surface area contributed by atoms with E-state index in [1.807, 2.05) is 0 Å². The fraction of sp³-hybridized carbons (Fsp3) is 0. The summed E-state index contributed by atoms with van der Waals surface area (Å²) in [6.45, 7) is 7.06. The van der Waals surface area contributed by atoms with E-state index in [2.05, 4.69) is 4.85 Å². The molecular formula is C15H9ClN2O4S2. The molecule has 0 aliphatic carbocycles. The molecule has 0 aliphatic heterocycles. The molecule has 0 aliphatic rings. The van der Waals surface area contributed by atoms with Crippen LogP contribution in [0.15, 0.2) is 64.5 Å². The second kappa shape index (κ2) is 5.63. The fourth-order valence-electron chi connectivity index (χ4n) is 2.33. The van der Waals surface area contributed by atoms with Gasteiger partial charge in [-0.1, -0.05) is 30.3 Å². The van der Waals surface area contributed by atoms with E-state index in [9.17, 15) is 16.8 Å². The normalized spacial score (nSPS) is 12.2. The van der Waals surface area contributed by atoms with Crippen LogP contribution in [-0.4, -0.2) is 20.8 Å². The van der Waals surface area contributed by atoms with E-state index in [4.69, 9.17) is 17.3 Å². The van der Waals surface area contributed by atoms with Crippen LogP contribution in [0.5, 0.6) is 0 Å². The number of hydrogen-bond donors (Lipinski definition) is 0. The SMILES string of the molecule is [C-]#[N+]c1ccc2c(S(=O)(=O)Cl)cn(S(=O)(=O)c3ccccc3)c2c1. The Hall–Kier alpha value is -2.34. The third-order valence-electron chi connectivity index (χ3n) is 3.41. The van der Waals surface area contributed by atoms with E-state index >= 15 is 0 Å². The molecular weight excluding hydrogens is 372 g/mol. The minimum atomic E-state index is -4.16. The van der Waals surface area contributed by atoms with Gasteiger partial charge in [0.2, 0.25) is 0 Å². The molecule has 0 saturated heterocycles. The van der Waals surface area contributed by atoms with Gasteiger partial charge < -0.3 is 0 Å². The van der Waals surface area contributed by atoms with E-state index < -0.39 is 19.1 Å². The van der Waals surface area contributed by atoms with Gasteiger partial charge in [0.25, 0.3) is 19.1 Å². The smallest absolute Gasteiger partial charge is 0.241 e. The molecule has 0 bridgehead atoms. The molecule has 0 saturated carbocycles. The molecule has 6 nitrogen and oxygen atoms in total. The predicted molar refractivity (Wildman–Crippen MR) is 90.3 cm³/mol. The Bertz CT molecular complexity index is 1190. The van der Waals surface area contributed by atoms with Crippen molar-refractivity contribution in [1.82, 2.24) is 3.97 Å². The van der Waals surface area contributed by atoms with Crippen molar-refractivity contribution in [2.24, 2.45) is 0 Å². The van der Waals surface area contributed by atoms with Gasteiger partial charge in [0.15, 0.2) is 5.69 Å². The molecule has 24 heavy (non-hydrogen) atoms. The van der Waals surface area contributed by atoms with Crippen LogP contribution >= 0.6 is 10.7 Å². The van der Waals surface area contributed by atoms with Crippen LogP contribution in [0.3, 0.4) is 0 Å². The standard InChI is InChI=1S/C15H9ClN2O4S2/c1-17-11-7-8-13-14(9-11)18(10-15(13)23(16,19)20)24(21,22)12-5-3-2-4-6-12/h2-10H. The van der Waals surface area contributed by atoms with Gasteiger partial charge in [-0.05, 0) is 18.2 Å². The Kier molecular flexibility index (Phi) is 3.87. The van der Waals surface area contributed by atoms with Crippen LogP contribution in [0, 0.1) is 6.57 Å². The molecule has 0 spiro atoms. The lowest BCUT2D eigenvalue weighted by molar-refractivity contribution is 0.589. The van der Waals surface area contributed by atoms with Crippen molar-refractivity contribution in [3.8, 4) is 0 Å². The van der Waals surface area contributed by atoms with Gasteiger partial charge in [0.1, 0.15) is 4.90 Å². The second-order valence-electron chi connectivity index (χ2n) is 4.86. The Balaban J connectivity index is 2.43. The zero-order chi connectivity index (χ0) is 17.5. The maximum absolute atomic E-state index is 12.8. The summed E-state index contributed by atoms with van der Waals surface area (Å²) in [5.74, 6) is 0. The first-order valence-corrected chi connectivity index (χ1v) is 10.3. The maximum atomic E-state index is 12.8. The van der Waals surface area contributed by atoms with Gasteiger partial charge in [0, 0.05) is 22.3 Å². The molecule has 0 N–H and O–H groups in total. The Morgan fingerprint density at radius 2 is 1.67 bits per heavy atom. The molecule has 0 fully saturated rings. The van der Waals surface area contributed by atoms with E-state index in [0.717, 1.165) is 10.2 Å². The molecule has 2 aromatic carbocycles. The van der Waals surface area contributed by atoms with Crippen molar-refractivity contribution < 1.29 is 16.8 Å². The summed E-state index contributed by atoms with van der Waals surface area (Å²) in [5, 5.41) is 0.136. The Labute approximate surface area is 143 Å². The number of rotatable bonds is 3. The van der Waals surface area contributed by atoms with Gasteiger partial charge in [-0.2, -0.15) is 0 Å². The largest absolute Gasteiger partial charge is 0.268 e. The number of aromatic nitrogens is 1. The summed E-state index contributed by atoms with van der Waals surface area (Å²) in [4.78, 5) is 2.92. The first-order chi connectivity index (χ1) is 11.2. The van der Waals surface area contributed by atoms with Gasteiger partial charge in [-0.3, -0.25) is 0 Å². The van der Waals surface area contributed by atoms with E-state index in [1.54, 1.807) is 18.2 Å². The fourth-order valence-corrected chi connectivity index (χ4v) is 4.81. The van der Waals surface area contributed by atoms with Gasteiger partial charge in [-0.25, -0.2) is 25.7 Å². The van der Waals surface area contributed by atoms with Crippen molar-refractivity contribution in [2.75, 3.05) is 0 Å². The van der Waals surface area contributed by atoms with E-state index in [1.165, 1.54) is 30.3 Å². The number of fused-ring (bicyclic) bond motifs is 1. The lowest BCUT2D eigenvalue weighted by Gasteiger charge is -2.07. The van der Waals surface area contributed by atoms with E-state index in [0.29, 0.717) is 0 Å². The predicted octanol–water partition coefficient (Wildman–Crippen LogP) is 3.36. The molecule has 122 valence electrons. The van der Waals surface area contributed by atoms with Crippen molar-refractivity contribution in [3.05, 3.63) is 66.1 Å². The molecule has 0 atom stereocenters. The molecule has 3 aromatic rings. The molecule has 0 amide bonds. The molecule has 9 heteroatoms. The highest BCUT2D eigenvalue weighted by atomic mass is 35.7. The molecule has 0 unspecified atom stereocenters. The van der Waals surface area contributed by atoms with Crippen molar-refractivity contribution in [1.29, 1.82) is 0 Å². The summed E-state index contributed by atoms with van der Waals surface area (Å²) in [6.07, 6.45) is 0.961. The zero-order valence-electron chi connectivity index (χ0n) is 11.9. The number of hydrogen-bond acceptors (Lipinski definition) is 4. The highest BCUT2D eigenvalue weighted by Crippen LogP contribution is 2.33. The first-order valence-electron chi connectivity index (χ1n) is 6.53. The highest BCUT2D eigenvalue weighted by molar-refractivity contribution is 8.14. The summed E-state index contributed by atoms with van der Waals surface area (Å²) in [7, 11) is -2.78. The monoisotopic (exact) mass is 380 g/mol. The minimum Gasteiger partial charge on any atom is -0.241 e. The Morgan fingerprint density at radius 1 is 1.00 bits per heavy atom. The number of halogens is 1. The van der Waals surface area contributed by atoms with Gasteiger partial charge in [-0.15, -0.1) is 0 Å². The van der Waals surface area contributed by atoms with Crippen LogP contribution in [0.1, 0.15) is 0 Å². The third-order valence-corrected chi connectivity index (χ3v) is 6.45. The number of nitrogens with zero attached hydrogens (tertiary/aromatic N) is 2. The minimum absolute atomic E-state index is 0.00589. The van der Waals surface area contributed by atoms with Crippen LogP contribution < -0.4 is 0 Å². The lowest BCUT2D eigenvalue weighted by Crippen LogP contribution is -2.11. The third kappa shape index (κ3) is 2.67. The van der Waals surface area contributed by atoms with Gasteiger partial charge >= 0.3 is 0 Å². The summed E-state index contributed by atoms with van der Waals surface area (Å²) >= 11 is 0. The topological polar surface area (TPSA) is 77.6 Å². The summed E-state index contributed by atoms with van der Waals surface area (Å²) in [5.41, 5.74) is 0.259. The van der Waals surface area contributed by atoms with Crippen molar-refractivity contribution >= 4 is 46.3 Å². The zero-order valence-corrected chi connectivity index (χ0v) is 14.3. The molecule has 0 radical (unpaired) electrons. The maximum Gasteiger partial charge on any atom is 0.268 e. The van der Waals surface area contributed by atoms with Crippen molar-refractivity contribution in [2.45, 2.75) is 9.79 Å². The lowest BCUT2D eigenvalue weighted by atomic mass is 10.2. The quantitative estimate of drug-likeness (QED) is 0.515. The average Bonchev–Trinajstić information content (AvgIpc) is 2.95. The average molecular weight is 381 g/mol. The first kappa shape index (κ1) is 16.5. The number of benzene rings is 2. The van der Waals surface area contributed by atoms with Crippen LogP contribution in [-0.2, 0) is 19.1 Å². The highest BCUT2D eigenvalue weighted by Gasteiger charge is 2.25. The summed E-state index contributed by atoms with van der Waals surface area (Å²) in [6, 6.07) is 11.7. The molecule has 3 rings (SSSR count). The van der Waals surface area contributed by atoms with Crippen molar-refractivity contribution in [3.63, 3.8) is 0 Å². The van der Waals surface area contributed by atoms with Crippen LogP contribution in [0.25, 0.3) is 15.7 Å². The molecule has 1 heterocycles. The van der Waals surface area contributed by atoms with Crippen LogP contribution in [0.2, 0.25) is 0 Å². The van der Waals surface area contributed by atoms with E-state index in [-0.39, 0.29) is 26.4 Å². The van der Waals surface area contributed by atoms with Gasteiger partial charge in [0.05, 0.1) is 17.0 Å². The molecule has 1 aromatic heterocycles. The summed E-state index contributed by atoms with van der Waals surface area (Å²) < 4.78 is 50.1. The van der Waals surface area contributed by atoms with Crippen LogP contribution in [0.4, 0.5) is 5.69 Å². The Morgan fingerprint density at radius 3 is 2.25 bits per heavy atom. The second-order valence-corrected chi connectivity index (χ2v) is 9.21.